The number of nitrogens with one attached hydrogen (secondary N) is 2. The lowest BCUT2D eigenvalue weighted by Gasteiger charge is -2.07. The second kappa shape index (κ2) is 10.2. The van der Waals surface area contributed by atoms with Crippen molar-refractivity contribution >= 4 is 44.1 Å². The van der Waals surface area contributed by atoms with Crippen LogP contribution >= 0.6 is 28.3 Å². The number of amides is 1. The molecular formula is C13H20BrClN2O3S. The van der Waals surface area contributed by atoms with E-state index in [1.807, 2.05) is 6.92 Å². The zero-order chi connectivity index (χ0) is 15.0. The summed E-state index contributed by atoms with van der Waals surface area (Å²) in [5.74, 6) is -1.06. The van der Waals surface area contributed by atoms with Gasteiger partial charge in [0.1, 0.15) is 5.75 Å². The maximum atomic E-state index is 11.9. The Bertz CT molecular complexity index is 535. The van der Waals surface area contributed by atoms with Crippen molar-refractivity contribution in [2.45, 2.75) is 12.7 Å². The first-order valence-corrected chi connectivity index (χ1v) is 8.96. The van der Waals surface area contributed by atoms with Crippen LogP contribution in [-0.2, 0) is 20.4 Å². The highest BCUT2D eigenvalue weighted by atomic mass is 79.9. The van der Waals surface area contributed by atoms with E-state index in [0.717, 1.165) is 11.0 Å². The highest BCUT2D eigenvalue weighted by Crippen LogP contribution is 2.13. The quantitative estimate of drug-likeness (QED) is 0.650. The van der Waals surface area contributed by atoms with Crippen LogP contribution in [0, 0.1) is 0 Å². The van der Waals surface area contributed by atoms with Gasteiger partial charge >= 0.3 is 0 Å². The largest absolute Gasteiger partial charge is 0.354 e. The standard InChI is InChI=1S/C13H19BrN2O3S.ClH/c1-2-15-7-8-16-13(17)10-20(18,19)9-11-3-5-12(14)6-4-11;/h3-6,15H,2,7-10H2,1H3,(H,16,17);1H. The van der Waals surface area contributed by atoms with Crippen molar-refractivity contribution in [2.24, 2.45) is 0 Å². The Balaban J connectivity index is 0.00000400. The second-order valence-corrected chi connectivity index (χ2v) is 7.34. The number of benzene rings is 1. The lowest BCUT2D eigenvalue weighted by Crippen LogP contribution is -2.35. The van der Waals surface area contributed by atoms with E-state index in [1.165, 1.54) is 0 Å². The predicted octanol–water partition coefficient (Wildman–Crippen LogP) is 1.51. The van der Waals surface area contributed by atoms with E-state index < -0.39 is 21.5 Å². The van der Waals surface area contributed by atoms with Gasteiger partial charge in [0, 0.05) is 17.6 Å². The highest BCUT2D eigenvalue weighted by molar-refractivity contribution is 9.10. The third kappa shape index (κ3) is 9.08. The summed E-state index contributed by atoms with van der Waals surface area (Å²) in [7, 11) is -3.44. The number of rotatable bonds is 8. The van der Waals surface area contributed by atoms with Gasteiger partial charge in [-0.15, -0.1) is 12.4 Å². The summed E-state index contributed by atoms with van der Waals surface area (Å²) >= 11 is 3.29. The van der Waals surface area contributed by atoms with Gasteiger partial charge in [-0.1, -0.05) is 35.0 Å². The molecule has 0 unspecified atom stereocenters. The first kappa shape index (κ1) is 20.4. The summed E-state index contributed by atoms with van der Waals surface area (Å²) in [6.45, 7) is 3.84. The topological polar surface area (TPSA) is 75.3 Å². The van der Waals surface area contributed by atoms with Gasteiger partial charge in [-0.2, -0.15) is 0 Å². The van der Waals surface area contributed by atoms with Crippen molar-refractivity contribution in [3.8, 4) is 0 Å². The molecule has 1 aromatic carbocycles. The minimum absolute atomic E-state index is 0. The third-order valence-electron chi connectivity index (χ3n) is 2.52. The second-order valence-electron chi connectivity index (χ2n) is 4.36. The van der Waals surface area contributed by atoms with E-state index in [0.29, 0.717) is 18.7 Å². The molecule has 0 atom stereocenters. The molecule has 1 amide bonds. The number of hydrogen-bond donors (Lipinski definition) is 2. The number of likely N-dealkylation sites (N-methyl/N-ethyl adjacent to an activating group) is 1. The minimum atomic E-state index is -3.44. The SMILES string of the molecule is CCNCCNC(=O)CS(=O)(=O)Cc1ccc(Br)cc1.Cl. The Morgan fingerprint density at radius 3 is 2.38 bits per heavy atom. The van der Waals surface area contributed by atoms with Crippen molar-refractivity contribution < 1.29 is 13.2 Å². The number of hydrogen-bond acceptors (Lipinski definition) is 4. The average Bonchev–Trinajstić information content (AvgIpc) is 2.36. The summed E-state index contributed by atoms with van der Waals surface area (Å²) < 4.78 is 24.7. The van der Waals surface area contributed by atoms with Crippen LogP contribution in [0.4, 0.5) is 0 Å². The van der Waals surface area contributed by atoms with E-state index in [4.69, 9.17) is 0 Å². The van der Waals surface area contributed by atoms with Crippen LogP contribution in [0.1, 0.15) is 12.5 Å². The molecule has 0 aliphatic carbocycles. The molecule has 0 spiro atoms. The summed E-state index contributed by atoms with van der Waals surface area (Å²) in [6, 6.07) is 7.01. The molecular weight excluding hydrogens is 380 g/mol. The van der Waals surface area contributed by atoms with Crippen LogP contribution in [0.25, 0.3) is 0 Å². The lowest BCUT2D eigenvalue weighted by atomic mass is 10.2. The third-order valence-corrected chi connectivity index (χ3v) is 4.53. The van der Waals surface area contributed by atoms with Gasteiger partial charge in [0.05, 0.1) is 5.75 Å². The van der Waals surface area contributed by atoms with Gasteiger partial charge in [0.25, 0.3) is 0 Å². The highest BCUT2D eigenvalue weighted by Gasteiger charge is 2.17. The fourth-order valence-corrected chi connectivity index (χ4v) is 3.17. The van der Waals surface area contributed by atoms with Crippen LogP contribution < -0.4 is 10.6 Å². The van der Waals surface area contributed by atoms with E-state index in [2.05, 4.69) is 26.6 Å². The summed E-state index contributed by atoms with van der Waals surface area (Å²) in [4.78, 5) is 11.5. The molecule has 5 nitrogen and oxygen atoms in total. The van der Waals surface area contributed by atoms with Crippen LogP contribution in [0.15, 0.2) is 28.7 Å². The number of sulfone groups is 1. The van der Waals surface area contributed by atoms with Gasteiger partial charge in [0.15, 0.2) is 9.84 Å². The molecule has 2 N–H and O–H groups in total. The molecule has 1 aromatic rings. The van der Waals surface area contributed by atoms with Crippen molar-refractivity contribution in [2.75, 3.05) is 25.4 Å². The molecule has 120 valence electrons. The maximum absolute atomic E-state index is 11.9. The maximum Gasteiger partial charge on any atom is 0.235 e. The number of halogens is 2. The van der Waals surface area contributed by atoms with Gasteiger partial charge in [-0.3, -0.25) is 4.79 Å². The van der Waals surface area contributed by atoms with Crippen molar-refractivity contribution in [3.63, 3.8) is 0 Å². The zero-order valence-corrected chi connectivity index (χ0v) is 15.0. The lowest BCUT2D eigenvalue weighted by molar-refractivity contribution is -0.118. The molecule has 0 aliphatic rings. The predicted molar refractivity (Wildman–Crippen MR) is 90.4 cm³/mol. The molecule has 1 rings (SSSR count). The zero-order valence-electron chi connectivity index (χ0n) is 11.8. The van der Waals surface area contributed by atoms with Crippen molar-refractivity contribution in [1.82, 2.24) is 10.6 Å². The van der Waals surface area contributed by atoms with Crippen LogP contribution in [0.2, 0.25) is 0 Å². The first-order valence-electron chi connectivity index (χ1n) is 6.35. The van der Waals surface area contributed by atoms with E-state index >= 15 is 0 Å². The summed E-state index contributed by atoms with van der Waals surface area (Å²) in [6.07, 6.45) is 0. The molecule has 21 heavy (non-hydrogen) atoms. The minimum Gasteiger partial charge on any atom is -0.354 e. The summed E-state index contributed by atoms with van der Waals surface area (Å²) in [5.41, 5.74) is 0.675. The van der Waals surface area contributed by atoms with E-state index in [-0.39, 0.29) is 18.2 Å². The van der Waals surface area contributed by atoms with Gasteiger partial charge in [0.2, 0.25) is 5.91 Å². The normalized spacial score (nSPS) is 10.8. The number of carbonyl (C=O) groups is 1. The molecule has 0 fully saturated rings. The molecule has 0 saturated carbocycles. The van der Waals surface area contributed by atoms with Gasteiger partial charge in [-0.05, 0) is 24.2 Å². The number of carbonyl (C=O) groups excluding carboxylic acids is 1. The van der Waals surface area contributed by atoms with E-state index in [9.17, 15) is 13.2 Å². The molecule has 0 saturated heterocycles. The Labute approximate surface area is 140 Å². The monoisotopic (exact) mass is 398 g/mol. The molecule has 0 aromatic heterocycles. The molecule has 0 heterocycles. The fourth-order valence-electron chi connectivity index (χ4n) is 1.60. The van der Waals surface area contributed by atoms with Crippen LogP contribution in [0.3, 0.4) is 0 Å². The van der Waals surface area contributed by atoms with Crippen LogP contribution in [0.5, 0.6) is 0 Å². The molecule has 0 aliphatic heterocycles. The Kier molecular flexibility index (Phi) is 9.85. The van der Waals surface area contributed by atoms with Gasteiger partial charge < -0.3 is 10.6 Å². The van der Waals surface area contributed by atoms with Crippen LogP contribution in [-0.4, -0.2) is 39.7 Å². The fraction of sp³-hybridized carbons (Fsp3) is 0.462. The molecule has 8 heteroatoms. The smallest absolute Gasteiger partial charge is 0.235 e. The Morgan fingerprint density at radius 1 is 1.19 bits per heavy atom. The first-order chi connectivity index (χ1) is 9.43. The molecule has 0 radical (unpaired) electrons. The average molecular weight is 400 g/mol. The van der Waals surface area contributed by atoms with Gasteiger partial charge in [-0.25, -0.2) is 8.42 Å². The Morgan fingerprint density at radius 2 is 1.81 bits per heavy atom. The Hall–Kier alpha value is -0.630. The summed E-state index contributed by atoms with van der Waals surface area (Å²) in [5, 5.41) is 5.62. The van der Waals surface area contributed by atoms with Crippen molar-refractivity contribution in [3.05, 3.63) is 34.3 Å². The van der Waals surface area contributed by atoms with Crippen molar-refractivity contribution in [1.29, 1.82) is 0 Å². The van der Waals surface area contributed by atoms with E-state index in [1.54, 1.807) is 24.3 Å². The molecule has 0 bridgehead atoms.